The first-order valence-electron chi connectivity index (χ1n) is 7.07. The highest BCUT2D eigenvalue weighted by Gasteiger charge is 2.32. The number of carbonyl (C=O) groups is 2. The van der Waals surface area contributed by atoms with Gasteiger partial charge >= 0.3 is 5.97 Å². The van der Waals surface area contributed by atoms with Gasteiger partial charge in [0.1, 0.15) is 16.9 Å². The maximum Gasteiger partial charge on any atom is 0.321 e. The Morgan fingerprint density at radius 3 is 2.32 bits per heavy atom. The Morgan fingerprint density at radius 2 is 1.88 bits per heavy atom. The molecule has 1 aromatic rings. The smallest absolute Gasteiger partial charge is 0.321 e. The molecule has 0 saturated heterocycles. The second-order valence-electron chi connectivity index (χ2n) is 5.69. The molecule has 7 nitrogen and oxygen atoms in total. The van der Waals surface area contributed by atoms with Crippen molar-refractivity contribution in [3.63, 3.8) is 0 Å². The lowest BCUT2D eigenvalue weighted by Crippen LogP contribution is -2.42. The van der Waals surface area contributed by atoms with Crippen LogP contribution in [0.4, 0.5) is 14.5 Å². The first-order chi connectivity index (χ1) is 11.4. The Hall–Kier alpha value is -1.78. The van der Waals surface area contributed by atoms with Crippen molar-refractivity contribution in [3.8, 4) is 0 Å². The minimum atomic E-state index is -4.86. The van der Waals surface area contributed by atoms with E-state index in [4.69, 9.17) is 16.7 Å². The predicted molar refractivity (Wildman–Crippen MR) is 86.9 cm³/mol. The molecule has 3 N–H and O–H groups in total. The van der Waals surface area contributed by atoms with Gasteiger partial charge in [-0.05, 0) is 12.3 Å². The fraction of sp³-hybridized carbons (Fsp3) is 0.429. The quantitative estimate of drug-likeness (QED) is 0.610. The van der Waals surface area contributed by atoms with E-state index in [1.807, 2.05) is 0 Å². The maximum absolute atomic E-state index is 14.3. The monoisotopic (exact) mass is 398 g/mol. The third-order valence-electron chi connectivity index (χ3n) is 3.00. The van der Waals surface area contributed by atoms with Gasteiger partial charge in [-0.1, -0.05) is 25.4 Å². The van der Waals surface area contributed by atoms with Crippen LogP contribution in [0, 0.1) is 17.6 Å². The number of carbonyl (C=O) groups excluding carboxylic acids is 1. The van der Waals surface area contributed by atoms with Gasteiger partial charge in [0.15, 0.2) is 10.7 Å². The van der Waals surface area contributed by atoms with Gasteiger partial charge in [0.25, 0.3) is 0 Å². The first-order valence-corrected chi connectivity index (χ1v) is 8.93. The Bertz CT molecular complexity index is 799. The van der Waals surface area contributed by atoms with Crippen LogP contribution in [-0.4, -0.2) is 31.4 Å². The Kier molecular flexibility index (Phi) is 6.86. The van der Waals surface area contributed by atoms with Gasteiger partial charge in [0.2, 0.25) is 15.9 Å². The molecule has 11 heteroatoms. The summed E-state index contributed by atoms with van der Waals surface area (Å²) in [6.07, 6.45) is -0.0878. The van der Waals surface area contributed by atoms with E-state index in [1.54, 1.807) is 18.6 Å². The second-order valence-corrected chi connectivity index (χ2v) is 7.71. The molecule has 0 aliphatic rings. The SMILES string of the molecule is CC(=O)Nc1cc(F)c(S(=O)(=O)NC(CC(C)C)C(=O)O)c(F)c1Cl. The highest BCUT2D eigenvalue weighted by atomic mass is 35.5. The summed E-state index contributed by atoms with van der Waals surface area (Å²) in [7, 11) is -4.86. The number of benzene rings is 1. The zero-order valence-corrected chi connectivity index (χ0v) is 15.1. The van der Waals surface area contributed by atoms with Crippen molar-refractivity contribution >= 4 is 39.2 Å². The highest BCUT2D eigenvalue weighted by molar-refractivity contribution is 7.89. The number of anilines is 1. The van der Waals surface area contributed by atoms with Gasteiger partial charge in [-0.2, -0.15) is 4.72 Å². The molecule has 0 heterocycles. The second kappa shape index (κ2) is 8.07. The molecule has 1 unspecified atom stereocenters. The van der Waals surface area contributed by atoms with Crippen LogP contribution < -0.4 is 10.0 Å². The molecular formula is C14H17ClF2N2O5S. The van der Waals surface area contributed by atoms with Gasteiger partial charge in [-0.15, -0.1) is 0 Å². The third-order valence-corrected chi connectivity index (χ3v) is 4.87. The van der Waals surface area contributed by atoms with E-state index in [-0.39, 0.29) is 12.3 Å². The molecule has 1 aromatic carbocycles. The molecule has 0 bridgehead atoms. The van der Waals surface area contributed by atoms with Crippen molar-refractivity contribution in [3.05, 3.63) is 22.7 Å². The van der Waals surface area contributed by atoms with Gasteiger partial charge < -0.3 is 10.4 Å². The number of nitrogens with one attached hydrogen (secondary N) is 2. The molecule has 0 radical (unpaired) electrons. The summed E-state index contributed by atoms with van der Waals surface area (Å²) < 4.78 is 54.7. The zero-order valence-electron chi connectivity index (χ0n) is 13.6. The van der Waals surface area contributed by atoms with Gasteiger partial charge in [-0.25, -0.2) is 17.2 Å². The molecule has 1 rings (SSSR count). The Balaban J connectivity index is 3.36. The number of carboxylic acid groups (broad SMARTS) is 1. The molecule has 1 atom stereocenters. The molecule has 1 amide bonds. The first kappa shape index (κ1) is 21.3. The van der Waals surface area contributed by atoms with Gasteiger partial charge in [-0.3, -0.25) is 9.59 Å². The Labute approximate surface area is 148 Å². The summed E-state index contributed by atoms with van der Waals surface area (Å²) >= 11 is 5.64. The number of carboxylic acids is 1. The van der Waals surface area contributed by atoms with E-state index in [0.717, 1.165) is 6.92 Å². The summed E-state index contributed by atoms with van der Waals surface area (Å²) in [5.41, 5.74) is -0.444. The summed E-state index contributed by atoms with van der Waals surface area (Å²) in [4.78, 5) is 20.7. The number of aliphatic carboxylic acids is 1. The average molecular weight is 399 g/mol. The number of sulfonamides is 1. The maximum atomic E-state index is 14.3. The molecule has 0 spiro atoms. The molecular weight excluding hydrogens is 382 g/mol. The summed E-state index contributed by atoms with van der Waals surface area (Å²) in [6, 6.07) is -1.03. The van der Waals surface area contributed by atoms with Crippen LogP contribution >= 0.6 is 11.6 Å². The van der Waals surface area contributed by atoms with E-state index in [9.17, 15) is 26.8 Å². The molecule has 0 aromatic heterocycles. The highest BCUT2D eigenvalue weighted by Crippen LogP contribution is 2.32. The minimum Gasteiger partial charge on any atom is -0.480 e. The van der Waals surface area contributed by atoms with Crippen molar-refractivity contribution in [2.75, 3.05) is 5.32 Å². The van der Waals surface area contributed by atoms with Crippen LogP contribution in [0.25, 0.3) is 0 Å². The Morgan fingerprint density at radius 1 is 1.32 bits per heavy atom. The van der Waals surface area contributed by atoms with Crippen LogP contribution in [0.3, 0.4) is 0 Å². The number of amides is 1. The zero-order chi connectivity index (χ0) is 19.5. The van der Waals surface area contributed by atoms with E-state index >= 15 is 0 Å². The summed E-state index contributed by atoms with van der Waals surface area (Å²) in [5, 5.41) is 10.3. The van der Waals surface area contributed by atoms with Gasteiger partial charge in [0.05, 0.1) is 5.69 Å². The van der Waals surface area contributed by atoms with Crippen LogP contribution in [0.2, 0.25) is 5.02 Å². The lowest BCUT2D eigenvalue weighted by atomic mass is 10.1. The summed E-state index contributed by atoms with van der Waals surface area (Å²) in [6.45, 7) is 4.39. The van der Waals surface area contributed by atoms with Crippen LogP contribution in [-0.2, 0) is 19.6 Å². The number of rotatable bonds is 7. The van der Waals surface area contributed by atoms with Crippen molar-refractivity contribution in [1.29, 1.82) is 0 Å². The lowest BCUT2D eigenvalue weighted by molar-refractivity contribution is -0.139. The molecule has 140 valence electrons. The molecule has 0 aliphatic carbocycles. The fourth-order valence-corrected chi connectivity index (χ4v) is 3.62. The van der Waals surface area contributed by atoms with Crippen LogP contribution in [0.5, 0.6) is 0 Å². The fourth-order valence-electron chi connectivity index (χ4n) is 2.02. The lowest BCUT2D eigenvalue weighted by Gasteiger charge is -2.18. The van der Waals surface area contributed by atoms with Crippen LogP contribution in [0.1, 0.15) is 27.2 Å². The van der Waals surface area contributed by atoms with E-state index in [2.05, 4.69) is 5.32 Å². The van der Waals surface area contributed by atoms with E-state index in [1.165, 1.54) is 0 Å². The van der Waals surface area contributed by atoms with Crippen molar-refractivity contribution in [2.24, 2.45) is 5.92 Å². The van der Waals surface area contributed by atoms with Crippen molar-refractivity contribution < 1.29 is 31.9 Å². The van der Waals surface area contributed by atoms with E-state index in [0.29, 0.717) is 6.07 Å². The average Bonchev–Trinajstić information content (AvgIpc) is 2.42. The third kappa shape index (κ3) is 5.35. The van der Waals surface area contributed by atoms with Crippen molar-refractivity contribution in [1.82, 2.24) is 4.72 Å². The molecule has 0 aliphatic heterocycles. The van der Waals surface area contributed by atoms with Gasteiger partial charge in [0, 0.05) is 13.0 Å². The van der Waals surface area contributed by atoms with E-state index < -0.39 is 55.2 Å². The normalized spacial score (nSPS) is 12.9. The standard InChI is InChI=1S/C14H17ClF2N2O5S/c1-6(2)4-10(14(21)22)19-25(23,24)13-8(16)5-9(18-7(3)20)11(15)12(13)17/h5-6,10,19H,4H2,1-3H3,(H,18,20)(H,21,22). The minimum absolute atomic E-state index is 0.0878. The largest absolute Gasteiger partial charge is 0.480 e. The van der Waals surface area contributed by atoms with Crippen LogP contribution in [0.15, 0.2) is 11.0 Å². The number of halogens is 3. The predicted octanol–water partition coefficient (Wildman–Crippen LogP) is 2.35. The topological polar surface area (TPSA) is 113 Å². The molecule has 25 heavy (non-hydrogen) atoms. The summed E-state index contributed by atoms with van der Waals surface area (Å²) in [5.74, 6) is -5.50. The molecule has 0 fully saturated rings. The number of hydrogen-bond acceptors (Lipinski definition) is 4. The molecule has 0 saturated carbocycles. The number of hydrogen-bond donors (Lipinski definition) is 3. The van der Waals surface area contributed by atoms with Crippen molar-refractivity contribution in [2.45, 2.75) is 38.1 Å².